The zero-order valence-electron chi connectivity index (χ0n) is 10.1. The van der Waals surface area contributed by atoms with Gasteiger partial charge in [-0.2, -0.15) is 0 Å². The van der Waals surface area contributed by atoms with E-state index in [4.69, 9.17) is 0 Å². The third-order valence-corrected chi connectivity index (χ3v) is 3.50. The van der Waals surface area contributed by atoms with Crippen molar-refractivity contribution in [2.75, 3.05) is 7.05 Å². The Kier molecular flexibility index (Phi) is 4.27. The largest absolute Gasteiger partial charge is 0.309 e. The zero-order chi connectivity index (χ0) is 14.0. The van der Waals surface area contributed by atoms with E-state index in [9.17, 15) is 13.2 Å². The van der Waals surface area contributed by atoms with Gasteiger partial charge in [0.25, 0.3) is 0 Å². The molecule has 0 aliphatic rings. The van der Waals surface area contributed by atoms with Crippen molar-refractivity contribution in [3.8, 4) is 0 Å². The van der Waals surface area contributed by atoms with Crippen molar-refractivity contribution in [2.45, 2.75) is 6.04 Å². The molecule has 0 saturated carbocycles. The van der Waals surface area contributed by atoms with Gasteiger partial charge in [-0.15, -0.1) is 0 Å². The number of hydrogen-bond acceptors (Lipinski definition) is 1. The lowest BCUT2D eigenvalue weighted by Crippen LogP contribution is -2.19. The standard InChI is InChI=1S/C14H11BrF3N/c1-19-14(8-5-6-10(15)12(17)7-8)9-3-2-4-11(16)13(9)18/h2-7,14,19H,1H3. The second-order valence-corrected chi connectivity index (χ2v) is 4.89. The maximum absolute atomic E-state index is 13.8. The number of halogens is 4. The monoisotopic (exact) mass is 329 g/mol. The lowest BCUT2D eigenvalue weighted by molar-refractivity contribution is 0.487. The molecule has 0 amide bonds. The molecule has 0 aliphatic carbocycles. The van der Waals surface area contributed by atoms with Crippen molar-refractivity contribution >= 4 is 15.9 Å². The summed E-state index contributed by atoms with van der Waals surface area (Å²) in [5.74, 6) is -2.30. The van der Waals surface area contributed by atoms with Crippen LogP contribution in [-0.2, 0) is 0 Å². The average Bonchev–Trinajstić information content (AvgIpc) is 2.39. The normalized spacial score (nSPS) is 12.5. The molecule has 0 aliphatic heterocycles. The molecule has 0 bridgehead atoms. The Bertz CT molecular complexity index is 601. The van der Waals surface area contributed by atoms with Crippen LogP contribution in [0.5, 0.6) is 0 Å². The molecule has 1 nitrogen and oxygen atoms in total. The summed E-state index contributed by atoms with van der Waals surface area (Å²) in [5, 5.41) is 2.86. The Balaban J connectivity index is 2.50. The first-order valence-corrected chi connectivity index (χ1v) is 6.40. The third kappa shape index (κ3) is 2.82. The van der Waals surface area contributed by atoms with Gasteiger partial charge in [-0.1, -0.05) is 18.2 Å². The predicted octanol–water partition coefficient (Wildman–Crippen LogP) is 4.18. The van der Waals surface area contributed by atoms with Crippen LogP contribution >= 0.6 is 15.9 Å². The lowest BCUT2D eigenvalue weighted by Gasteiger charge is -2.18. The summed E-state index contributed by atoms with van der Waals surface area (Å²) < 4.78 is 40.9. The number of nitrogens with one attached hydrogen (secondary N) is 1. The molecule has 1 atom stereocenters. The first-order chi connectivity index (χ1) is 9.04. The molecule has 1 unspecified atom stereocenters. The number of hydrogen-bond donors (Lipinski definition) is 1. The zero-order valence-corrected chi connectivity index (χ0v) is 11.6. The molecule has 0 aromatic heterocycles. The van der Waals surface area contributed by atoms with E-state index in [1.54, 1.807) is 13.1 Å². The van der Waals surface area contributed by atoms with Crippen molar-refractivity contribution in [3.63, 3.8) is 0 Å². The van der Waals surface area contributed by atoms with Crippen molar-refractivity contribution in [3.05, 3.63) is 69.4 Å². The maximum Gasteiger partial charge on any atom is 0.163 e. The molecule has 0 radical (unpaired) electrons. The highest BCUT2D eigenvalue weighted by atomic mass is 79.9. The Morgan fingerprint density at radius 1 is 1.05 bits per heavy atom. The van der Waals surface area contributed by atoms with Gasteiger partial charge in [0.2, 0.25) is 0 Å². The molecule has 0 spiro atoms. The van der Waals surface area contributed by atoms with Crippen LogP contribution < -0.4 is 5.32 Å². The third-order valence-electron chi connectivity index (χ3n) is 2.86. The molecule has 0 saturated heterocycles. The highest BCUT2D eigenvalue weighted by Gasteiger charge is 2.19. The van der Waals surface area contributed by atoms with Crippen LogP contribution in [-0.4, -0.2) is 7.05 Å². The quantitative estimate of drug-likeness (QED) is 0.890. The second kappa shape index (κ2) is 5.75. The Labute approximate surface area is 117 Å². The van der Waals surface area contributed by atoms with Crippen LogP contribution in [0.4, 0.5) is 13.2 Å². The van der Waals surface area contributed by atoms with Crippen LogP contribution in [0.3, 0.4) is 0 Å². The van der Waals surface area contributed by atoms with Gasteiger partial charge in [0, 0.05) is 5.56 Å². The van der Waals surface area contributed by atoms with Gasteiger partial charge >= 0.3 is 0 Å². The molecule has 1 N–H and O–H groups in total. The van der Waals surface area contributed by atoms with Crippen molar-refractivity contribution in [1.82, 2.24) is 5.32 Å². The summed E-state index contributed by atoms with van der Waals surface area (Å²) in [5.41, 5.74) is 0.664. The van der Waals surface area contributed by atoms with Crippen LogP contribution in [0.2, 0.25) is 0 Å². The summed E-state index contributed by atoms with van der Waals surface area (Å²) in [4.78, 5) is 0. The minimum Gasteiger partial charge on any atom is -0.309 e. The van der Waals surface area contributed by atoms with E-state index in [0.717, 1.165) is 6.07 Å². The minimum atomic E-state index is -0.926. The number of benzene rings is 2. The van der Waals surface area contributed by atoms with E-state index >= 15 is 0 Å². The van der Waals surface area contributed by atoms with Gasteiger partial charge in [0.1, 0.15) is 5.82 Å². The molecule has 0 fully saturated rings. The first-order valence-electron chi connectivity index (χ1n) is 5.60. The van der Waals surface area contributed by atoms with Crippen molar-refractivity contribution in [1.29, 1.82) is 0 Å². The van der Waals surface area contributed by atoms with Gasteiger partial charge in [0.15, 0.2) is 11.6 Å². The van der Waals surface area contributed by atoms with E-state index in [1.165, 1.54) is 24.3 Å². The molecule has 5 heteroatoms. The first kappa shape index (κ1) is 14.1. The Morgan fingerprint density at radius 2 is 1.79 bits per heavy atom. The van der Waals surface area contributed by atoms with Crippen molar-refractivity contribution < 1.29 is 13.2 Å². The summed E-state index contributed by atoms with van der Waals surface area (Å²) in [6.07, 6.45) is 0. The van der Waals surface area contributed by atoms with Gasteiger partial charge in [-0.3, -0.25) is 0 Å². The van der Waals surface area contributed by atoms with E-state index < -0.39 is 23.5 Å². The lowest BCUT2D eigenvalue weighted by atomic mass is 9.98. The molecule has 0 heterocycles. The fourth-order valence-electron chi connectivity index (χ4n) is 1.94. The van der Waals surface area contributed by atoms with Gasteiger partial charge in [-0.05, 0) is 46.7 Å². The molecule has 2 aromatic carbocycles. The fraction of sp³-hybridized carbons (Fsp3) is 0.143. The molecule has 2 rings (SSSR count). The van der Waals surface area contributed by atoms with Crippen LogP contribution in [0.25, 0.3) is 0 Å². The fourth-order valence-corrected chi connectivity index (χ4v) is 2.18. The summed E-state index contributed by atoms with van der Waals surface area (Å²) >= 11 is 3.05. The van der Waals surface area contributed by atoms with Gasteiger partial charge < -0.3 is 5.32 Å². The molecular weight excluding hydrogens is 319 g/mol. The summed E-state index contributed by atoms with van der Waals surface area (Å²) in [6, 6.07) is 7.80. The SMILES string of the molecule is CNC(c1ccc(Br)c(F)c1)c1cccc(F)c1F. The van der Waals surface area contributed by atoms with E-state index in [0.29, 0.717) is 10.0 Å². The summed E-state index contributed by atoms with van der Waals surface area (Å²) in [6.45, 7) is 0. The predicted molar refractivity (Wildman–Crippen MR) is 71.4 cm³/mol. The molecule has 2 aromatic rings. The Morgan fingerprint density at radius 3 is 2.42 bits per heavy atom. The van der Waals surface area contributed by atoms with Crippen LogP contribution in [0.15, 0.2) is 40.9 Å². The molecule has 19 heavy (non-hydrogen) atoms. The smallest absolute Gasteiger partial charge is 0.163 e. The van der Waals surface area contributed by atoms with Crippen molar-refractivity contribution in [2.24, 2.45) is 0 Å². The van der Waals surface area contributed by atoms with E-state index in [2.05, 4.69) is 21.2 Å². The highest BCUT2D eigenvalue weighted by molar-refractivity contribution is 9.10. The number of rotatable bonds is 3. The molecule has 100 valence electrons. The van der Waals surface area contributed by atoms with Crippen LogP contribution in [0.1, 0.15) is 17.2 Å². The second-order valence-electron chi connectivity index (χ2n) is 4.04. The minimum absolute atomic E-state index is 0.143. The topological polar surface area (TPSA) is 12.0 Å². The summed E-state index contributed by atoms with van der Waals surface area (Å²) in [7, 11) is 1.61. The Hall–Kier alpha value is -1.33. The van der Waals surface area contributed by atoms with E-state index in [-0.39, 0.29) is 5.56 Å². The molecular formula is C14H11BrF3N. The van der Waals surface area contributed by atoms with Gasteiger partial charge in [0.05, 0.1) is 10.5 Å². The average molecular weight is 330 g/mol. The maximum atomic E-state index is 13.8. The highest BCUT2D eigenvalue weighted by Crippen LogP contribution is 2.27. The van der Waals surface area contributed by atoms with E-state index in [1.807, 2.05) is 0 Å². The van der Waals surface area contributed by atoms with Crippen LogP contribution in [0, 0.1) is 17.5 Å². The van der Waals surface area contributed by atoms with Gasteiger partial charge in [-0.25, -0.2) is 13.2 Å².